The van der Waals surface area contributed by atoms with Gasteiger partial charge in [-0.1, -0.05) is 50.3 Å². The van der Waals surface area contributed by atoms with Gasteiger partial charge in [0.25, 0.3) is 0 Å². The molecule has 6 heteroatoms. The Hall–Kier alpha value is -2.13. The van der Waals surface area contributed by atoms with Crippen molar-refractivity contribution in [3.8, 4) is 11.5 Å². The normalized spacial score (nSPS) is 13.3. The molecule has 0 heterocycles. The standard InChI is InChI=1S/C25H36O4Si2/c1-7-17-30(26-5)19-28-23-13-9-21(10-14-23)25(3,4)22-11-15-24(16-12-22)29-20-31(27-6)18-8-2/h7-16,30-31H,1-2,17-20H2,3-6H3. The summed E-state index contributed by atoms with van der Waals surface area (Å²) in [5.74, 6) is 1.75. The van der Waals surface area contributed by atoms with Crippen LogP contribution in [0.2, 0.25) is 12.1 Å². The Morgan fingerprint density at radius 3 is 1.35 bits per heavy atom. The molecule has 31 heavy (non-hydrogen) atoms. The fourth-order valence-electron chi connectivity index (χ4n) is 3.32. The van der Waals surface area contributed by atoms with Crippen molar-refractivity contribution in [1.29, 1.82) is 0 Å². The van der Waals surface area contributed by atoms with E-state index in [1.807, 2.05) is 36.4 Å². The Morgan fingerprint density at radius 1 is 0.710 bits per heavy atom. The average Bonchev–Trinajstić information content (AvgIpc) is 2.80. The fraction of sp³-hybridized carbons (Fsp3) is 0.360. The SMILES string of the molecule is C=CC[SiH](COc1ccc(C(C)(C)c2ccc(OC[SiH](CC=C)OC)cc2)cc1)OC. The summed E-state index contributed by atoms with van der Waals surface area (Å²) in [5, 5.41) is 0. The molecular weight excluding hydrogens is 420 g/mol. The molecule has 0 saturated heterocycles. The third kappa shape index (κ3) is 7.50. The molecule has 2 rings (SSSR count). The van der Waals surface area contributed by atoms with Crippen molar-refractivity contribution in [3.05, 3.63) is 85.0 Å². The summed E-state index contributed by atoms with van der Waals surface area (Å²) in [6.45, 7) is 12.0. The third-order valence-electron chi connectivity index (χ3n) is 5.55. The van der Waals surface area contributed by atoms with Gasteiger partial charge < -0.3 is 18.3 Å². The molecule has 0 aliphatic rings. The molecule has 0 aliphatic heterocycles. The largest absolute Gasteiger partial charge is 0.495 e. The number of benzene rings is 2. The highest BCUT2D eigenvalue weighted by Gasteiger charge is 2.23. The van der Waals surface area contributed by atoms with Crippen LogP contribution in [0.4, 0.5) is 0 Å². The summed E-state index contributed by atoms with van der Waals surface area (Å²) >= 11 is 0. The molecule has 0 aromatic heterocycles. The Labute approximate surface area is 191 Å². The van der Waals surface area contributed by atoms with Gasteiger partial charge >= 0.3 is 0 Å². The first-order valence-corrected chi connectivity index (χ1v) is 14.9. The quantitative estimate of drug-likeness (QED) is 0.297. The highest BCUT2D eigenvalue weighted by molar-refractivity contribution is 6.52. The molecular formula is C25H36O4Si2. The van der Waals surface area contributed by atoms with E-state index in [1.54, 1.807) is 14.2 Å². The number of rotatable bonds is 14. The lowest BCUT2D eigenvalue weighted by Crippen LogP contribution is -2.25. The van der Waals surface area contributed by atoms with Crippen LogP contribution in [0.15, 0.2) is 73.8 Å². The minimum absolute atomic E-state index is 0.129. The highest BCUT2D eigenvalue weighted by Crippen LogP contribution is 2.33. The summed E-state index contributed by atoms with van der Waals surface area (Å²) in [4.78, 5) is 0. The Bertz CT molecular complexity index is 736. The van der Waals surface area contributed by atoms with E-state index in [0.29, 0.717) is 12.5 Å². The molecule has 2 atom stereocenters. The third-order valence-corrected chi connectivity index (χ3v) is 9.68. The second-order valence-corrected chi connectivity index (χ2v) is 13.1. The van der Waals surface area contributed by atoms with Crippen LogP contribution < -0.4 is 9.47 Å². The number of hydrogen-bond donors (Lipinski definition) is 0. The van der Waals surface area contributed by atoms with E-state index in [9.17, 15) is 0 Å². The number of ether oxygens (including phenoxy) is 2. The maximum absolute atomic E-state index is 5.93. The van der Waals surface area contributed by atoms with Crippen molar-refractivity contribution >= 4 is 18.1 Å². The summed E-state index contributed by atoms with van der Waals surface area (Å²) < 4.78 is 22.9. The van der Waals surface area contributed by atoms with E-state index in [1.165, 1.54) is 11.1 Å². The molecule has 168 valence electrons. The molecule has 0 aliphatic carbocycles. The first-order valence-electron chi connectivity index (χ1n) is 10.7. The van der Waals surface area contributed by atoms with Crippen molar-refractivity contribution in [1.82, 2.24) is 0 Å². The lowest BCUT2D eigenvalue weighted by molar-refractivity contribution is 0.332. The predicted molar refractivity (Wildman–Crippen MR) is 134 cm³/mol. The Balaban J connectivity index is 2.00. The maximum Gasteiger partial charge on any atom is 0.218 e. The Kier molecular flexibility index (Phi) is 10.3. The molecule has 2 aromatic rings. The van der Waals surface area contributed by atoms with E-state index < -0.39 is 18.1 Å². The van der Waals surface area contributed by atoms with Crippen LogP contribution in [0.1, 0.15) is 25.0 Å². The summed E-state index contributed by atoms with van der Waals surface area (Å²) in [6.07, 6.45) is 5.11. The van der Waals surface area contributed by atoms with Gasteiger partial charge in [0.05, 0.1) is 0 Å². The number of hydrogen-bond acceptors (Lipinski definition) is 4. The summed E-state index contributed by atoms with van der Waals surface area (Å²) in [6, 6.07) is 18.5. The van der Waals surface area contributed by atoms with E-state index in [-0.39, 0.29) is 5.41 Å². The molecule has 0 bridgehead atoms. The maximum atomic E-state index is 5.93. The van der Waals surface area contributed by atoms with Crippen LogP contribution in [0.25, 0.3) is 0 Å². The molecule has 0 fully saturated rings. The molecule has 0 saturated carbocycles. The highest BCUT2D eigenvalue weighted by atomic mass is 28.3. The lowest BCUT2D eigenvalue weighted by Gasteiger charge is -2.26. The first-order chi connectivity index (χ1) is 14.9. The Morgan fingerprint density at radius 2 is 1.06 bits per heavy atom. The summed E-state index contributed by atoms with van der Waals surface area (Å²) in [7, 11) is 0.781. The van der Waals surface area contributed by atoms with E-state index in [2.05, 4.69) is 51.3 Å². The molecule has 2 aromatic carbocycles. The van der Waals surface area contributed by atoms with Gasteiger partial charge in [0, 0.05) is 19.6 Å². The van der Waals surface area contributed by atoms with Gasteiger partial charge in [0.15, 0.2) is 0 Å². The second-order valence-electron chi connectivity index (χ2n) is 8.06. The summed E-state index contributed by atoms with van der Waals surface area (Å²) in [5.41, 5.74) is 2.34. The van der Waals surface area contributed by atoms with E-state index in [0.717, 1.165) is 23.6 Å². The van der Waals surface area contributed by atoms with Gasteiger partial charge in [-0.2, -0.15) is 0 Å². The predicted octanol–water partition coefficient (Wildman–Crippen LogP) is 4.96. The second kappa shape index (κ2) is 12.7. The molecule has 2 unspecified atom stereocenters. The monoisotopic (exact) mass is 456 g/mol. The molecule has 0 spiro atoms. The smallest absolute Gasteiger partial charge is 0.218 e. The van der Waals surface area contributed by atoms with Crippen LogP contribution >= 0.6 is 0 Å². The van der Waals surface area contributed by atoms with Crippen molar-refractivity contribution in [2.24, 2.45) is 0 Å². The molecule has 0 N–H and O–H groups in total. The zero-order chi connectivity index (χ0) is 22.7. The topological polar surface area (TPSA) is 36.9 Å². The first kappa shape index (κ1) is 25.1. The van der Waals surface area contributed by atoms with E-state index >= 15 is 0 Å². The number of allylic oxidation sites excluding steroid dienone is 2. The van der Waals surface area contributed by atoms with Gasteiger partial charge in [-0.3, -0.25) is 0 Å². The fourth-order valence-corrected chi connectivity index (χ4v) is 5.75. The van der Waals surface area contributed by atoms with Crippen molar-refractivity contribution < 1.29 is 18.3 Å². The van der Waals surface area contributed by atoms with Crippen molar-refractivity contribution in [2.45, 2.75) is 31.4 Å². The minimum Gasteiger partial charge on any atom is -0.495 e. The zero-order valence-corrected chi connectivity index (χ0v) is 21.6. The van der Waals surface area contributed by atoms with Gasteiger partial charge in [-0.15, -0.1) is 13.2 Å². The lowest BCUT2D eigenvalue weighted by atomic mass is 9.78. The van der Waals surface area contributed by atoms with Crippen LogP contribution in [-0.4, -0.2) is 44.8 Å². The van der Waals surface area contributed by atoms with Gasteiger partial charge in [0.2, 0.25) is 18.1 Å². The van der Waals surface area contributed by atoms with Crippen molar-refractivity contribution in [3.63, 3.8) is 0 Å². The van der Waals surface area contributed by atoms with Gasteiger partial charge in [-0.25, -0.2) is 0 Å². The van der Waals surface area contributed by atoms with Crippen molar-refractivity contribution in [2.75, 3.05) is 26.7 Å². The minimum atomic E-state index is -1.36. The molecule has 4 nitrogen and oxygen atoms in total. The van der Waals surface area contributed by atoms with Crippen LogP contribution in [0.5, 0.6) is 11.5 Å². The van der Waals surface area contributed by atoms with Crippen LogP contribution in [0, 0.1) is 0 Å². The average molecular weight is 457 g/mol. The van der Waals surface area contributed by atoms with E-state index in [4.69, 9.17) is 18.3 Å². The van der Waals surface area contributed by atoms with Gasteiger partial charge in [-0.05, 0) is 47.5 Å². The van der Waals surface area contributed by atoms with Crippen LogP contribution in [-0.2, 0) is 14.3 Å². The van der Waals surface area contributed by atoms with Gasteiger partial charge in [0.1, 0.15) is 24.0 Å². The van der Waals surface area contributed by atoms with Crippen LogP contribution in [0.3, 0.4) is 0 Å². The zero-order valence-electron chi connectivity index (χ0n) is 19.3. The molecule has 0 radical (unpaired) electrons. The molecule has 0 amide bonds.